The number of likely N-dealkylation sites (tertiary alicyclic amines) is 1. The molecule has 1 aliphatic heterocycles. The lowest BCUT2D eigenvalue weighted by molar-refractivity contribution is -0.142. The van der Waals surface area contributed by atoms with Crippen molar-refractivity contribution in [3.8, 4) is 0 Å². The van der Waals surface area contributed by atoms with E-state index >= 15 is 0 Å². The molecule has 1 aromatic rings. The second-order valence-corrected chi connectivity index (χ2v) is 5.04. The fourth-order valence-corrected chi connectivity index (χ4v) is 2.55. The maximum atomic E-state index is 11.1. The standard InChI is InChI=1S/C14H19NO2/c1-10-5-3-4-6-12(10)8-15-7-11(2)13(9-15)14(16)17/h3-6,11,13H,7-9H2,1-2H3,(H,16,17). The number of aryl methyl sites for hydroxylation is 1. The van der Waals surface area contributed by atoms with Crippen LogP contribution in [-0.4, -0.2) is 29.1 Å². The maximum Gasteiger partial charge on any atom is 0.308 e. The van der Waals surface area contributed by atoms with E-state index in [0.717, 1.165) is 13.1 Å². The van der Waals surface area contributed by atoms with Crippen LogP contribution < -0.4 is 0 Å². The van der Waals surface area contributed by atoms with Crippen LogP contribution in [0.5, 0.6) is 0 Å². The van der Waals surface area contributed by atoms with E-state index in [0.29, 0.717) is 6.54 Å². The zero-order valence-electron chi connectivity index (χ0n) is 10.4. The molecule has 2 rings (SSSR count). The van der Waals surface area contributed by atoms with E-state index in [2.05, 4.69) is 24.0 Å². The van der Waals surface area contributed by atoms with Gasteiger partial charge in [-0.2, -0.15) is 0 Å². The quantitative estimate of drug-likeness (QED) is 0.869. The number of aliphatic carboxylic acids is 1. The summed E-state index contributed by atoms with van der Waals surface area (Å²) in [6.07, 6.45) is 0. The Morgan fingerprint density at radius 1 is 1.41 bits per heavy atom. The highest BCUT2D eigenvalue weighted by molar-refractivity contribution is 5.71. The first-order valence-corrected chi connectivity index (χ1v) is 6.07. The molecule has 17 heavy (non-hydrogen) atoms. The molecule has 1 N–H and O–H groups in total. The highest BCUT2D eigenvalue weighted by Crippen LogP contribution is 2.25. The van der Waals surface area contributed by atoms with Gasteiger partial charge < -0.3 is 5.11 Å². The molecule has 0 radical (unpaired) electrons. The van der Waals surface area contributed by atoms with Crippen molar-refractivity contribution in [2.75, 3.05) is 13.1 Å². The zero-order valence-corrected chi connectivity index (χ0v) is 10.4. The van der Waals surface area contributed by atoms with Crippen LogP contribution in [0.15, 0.2) is 24.3 Å². The number of hydrogen-bond acceptors (Lipinski definition) is 2. The molecular formula is C14H19NO2. The largest absolute Gasteiger partial charge is 0.481 e. The minimum Gasteiger partial charge on any atom is -0.481 e. The van der Waals surface area contributed by atoms with Crippen LogP contribution in [0.25, 0.3) is 0 Å². The zero-order chi connectivity index (χ0) is 12.4. The molecule has 3 nitrogen and oxygen atoms in total. The molecule has 1 aromatic carbocycles. The molecule has 2 unspecified atom stereocenters. The summed E-state index contributed by atoms with van der Waals surface area (Å²) < 4.78 is 0. The Morgan fingerprint density at radius 2 is 2.12 bits per heavy atom. The Labute approximate surface area is 102 Å². The molecule has 0 aliphatic carbocycles. The normalized spacial score (nSPS) is 25.1. The van der Waals surface area contributed by atoms with Crippen molar-refractivity contribution in [2.24, 2.45) is 11.8 Å². The second-order valence-electron chi connectivity index (χ2n) is 5.04. The molecule has 1 fully saturated rings. The van der Waals surface area contributed by atoms with Gasteiger partial charge in [0.25, 0.3) is 0 Å². The van der Waals surface area contributed by atoms with Crippen LogP contribution in [-0.2, 0) is 11.3 Å². The van der Waals surface area contributed by atoms with E-state index in [4.69, 9.17) is 5.11 Å². The van der Waals surface area contributed by atoms with E-state index in [-0.39, 0.29) is 11.8 Å². The molecule has 0 bridgehead atoms. The van der Waals surface area contributed by atoms with Crippen LogP contribution in [0.4, 0.5) is 0 Å². The third-order valence-corrected chi connectivity index (χ3v) is 3.66. The SMILES string of the molecule is Cc1ccccc1CN1CC(C)C(C(=O)O)C1. The number of rotatable bonds is 3. The smallest absolute Gasteiger partial charge is 0.308 e. The summed E-state index contributed by atoms with van der Waals surface area (Å²) >= 11 is 0. The summed E-state index contributed by atoms with van der Waals surface area (Å²) in [5.74, 6) is -0.625. The van der Waals surface area contributed by atoms with Gasteiger partial charge in [-0.3, -0.25) is 9.69 Å². The minimum atomic E-state index is -0.662. The van der Waals surface area contributed by atoms with Crippen molar-refractivity contribution in [2.45, 2.75) is 20.4 Å². The van der Waals surface area contributed by atoms with Gasteiger partial charge in [0, 0.05) is 19.6 Å². The highest BCUT2D eigenvalue weighted by atomic mass is 16.4. The maximum absolute atomic E-state index is 11.1. The first-order valence-electron chi connectivity index (χ1n) is 6.07. The summed E-state index contributed by atoms with van der Waals surface area (Å²) in [5.41, 5.74) is 2.57. The Balaban J connectivity index is 2.03. The molecule has 1 aliphatic rings. The number of nitrogens with zero attached hydrogens (tertiary/aromatic N) is 1. The Kier molecular flexibility index (Phi) is 3.48. The topological polar surface area (TPSA) is 40.5 Å². The van der Waals surface area contributed by atoms with E-state index in [9.17, 15) is 4.79 Å². The minimum absolute atomic E-state index is 0.209. The molecule has 2 atom stereocenters. The van der Waals surface area contributed by atoms with Crippen LogP contribution >= 0.6 is 0 Å². The molecule has 1 saturated heterocycles. The molecule has 0 saturated carbocycles. The van der Waals surface area contributed by atoms with E-state index in [1.165, 1.54) is 11.1 Å². The van der Waals surface area contributed by atoms with Crippen molar-refractivity contribution >= 4 is 5.97 Å². The summed E-state index contributed by atoms with van der Waals surface area (Å²) in [4.78, 5) is 13.3. The summed E-state index contributed by atoms with van der Waals surface area (Å²) in [6, 6.07) is 8.29. The average molecular weight is 233 g/mol. The highest BCUT2D eigenvalue weighted by Gasteiger charge is 2.34. The van der Waals surface area contributed by atoms with Gasteiger partial charge in [0.05, 0.1) is 5.92 Å². The average Bonchev–Trinajstić information content (AvgIpc) is 2.63. The van der Waals surface area contributed by atoms with Crippen molar-refractivity contribution in [3.63, 3.8) is 0 Å². The predicted molar refractivity (Wildman–Crippen MR) is 66.7 cm³/mol. The molecule has 0 aromatic heterocycles. The third kappa shape index (κ3) is 2.67. The molecule has 3 heteroatoms. The first kappa shape index (κ1) is 12.1. The number of carboxylic acids is 1. The fourth-order valence-electron chi connectivity index (χ4n) is 2.55. The Hall–Kier alpha value is -1.35. The van der Waals surface area contributed by atoms with Crippen molar-refractivity contribution < 1.29 is 9.90 Å². The van der Waals surface area contributed by atoms with Gasteiger partial charge in [-0.05, 0) is 24.0 Å². The van der Waals surface area contributed by atoms with E-state index in [1.807, 2.05) is 19.1 Å². The van der Waals surface area contributed by atoms with Crippen LogP contribution in [0.2, 0.25) is 0 Å². The van der Waals surface area contributed by atoms with Crippen LogP contribution in [0, 0.1) is 18.8 Å². The lowest BCUT2D eigenvalue weighted by Gasteiger charge is -2.16. The Morgan fingerprint density at radius 3 is 2.71 bits per heavy atom. The number of carbonyl (C=O) groups is 1. The van der Waals surface area contributed by atoms with Crippen LogP contribution in [0.1, 0.15) is 18.1 Å². The lowest BCUT2D eigenvalue weighted by atomic mass is 9.99. The van der Waals surface area contributed by atoms with E-state index in [1.54, 1.807) is 0 Å². The molecular weight excluding hydrogens is 214 g/mol. The fraction of sp³-hybridized carbons (Fsp3) is 0.500. The van der Waals surface area contributed by atoms with Crippen molar-refractivity contribution in [3.05, 3.63) is 35.4 Å². The Bertz CT molecular complexity index is 416. The van der Waals surface area contributed by atoms with Crippen LogP contribution in [0.3, 0.4) is 0 Å². The predicted octanol–water partition coefficient (Wildman–Crippen LogP) is 2.15. The molecule has 1 heterocycles. The third-order valence-electron chi connectivity index (χ3n) is 3.66. The lowest BCUT2D eigenvalue weighted by Crippen LogP contribution is -2.23. The summed E-state index contributed by atoms with van der Waals surface area (Å²) in [7, 11) is 0. The van der Waals surface area contributed by atoms with Gasteiger partial charge in [-0.1, -0.05) is 31.2 Å². The summed E-state index contributed by atoms with van der Waals surface area (Å²) in [6.45, 7) is 6.54. The van der Waals surface area contributed by atoms with Gasteiger partial charge in [0.2, 0.25) is 0 Å². The number of carboxylic acid groups (broad SMARTS) is 1. The molecule has 92 valence electrons. The molecule has 0 spiro atoms. The number of benzene rings is 1. The van der Waals surface area contributed by atoms with Gasteiger partial charge in [0.15, 0.2) is 0 Å². The van der Waals surface area contributed by atoms with Gasteiger partial charge in [-0.25, -0.2) is 0 Å². The van der Waals surface area contributed by atoms with Gasteiger partial charge >= 0.3 is 5.97 Å². The van der Waals surface area contributed by atoms with Crippen molar-refractivity contribution in [1.82, 2.24) is 4.90 Å². The van der Waals surface area contributed by atoms with Crippen molar-refractivity contribution in [1.29, 1.82) is 0 Å². The first-order chi connectivity index (χ1) is 8.08. The molecule has 0 amide bonds. The summed E-state index contributed by atoms with van der Waals surface area (Å²) in [5, 5.41) is 9.10. The van der Waals surface area contributed by atoms with Gasteiger partial charge in [0.1, 0.15) is 0 Å². The second kappa shape index (κ2) is 4.88. The monoisotopic (exact) mass is 233 g/mol. The number of hydrogen-bond donors (Lipinski definition) is 1. The van der Waals surface area contributed by atoms with Gasteiger partial charge in [-0.15, -0.1) is 0 Å². The van der Waals surface area contributed by atoms with E-state index < -0.39 is 5.97 Å².